The summed E-state index contributed by atoms with van der Waals surface area (Å²) >= 11 is 6.43. The highest BCUT2D eigenvalue weighted by Crippen LogP contribution is 2.29. The summed E-state index contributed by atoms with van der Waals surface area (Å²) < 4.78 is 6.55. The van der Waals surface area contributed by atoms with E-state index in [9.17, 15) is 14.9 Å². The van der Waals surface area contributed by atoms with E-state index in [1.54, 1.807) is 18.2 Å². The molecule has 1 heterocycles. The standard InChI is InChI=1S/C13H8Br2N2O4/c14-9-4-12(10(6-18)16-5-9)21-7-8-2-1-3-11(13(8)15)17(19)20/h1-6H,7H2. The van der Waals surface area contributed by atoms with Crippen LogP contribution in [0.5, 0.6) is 5.75 Å². The molecule has 0 radical (unpaired) electrons. The highest BCUT2D eigenvalue weighted by Gasteiger charge is 2.15. The van der Waals surface area contributed by atoms with Crippen LogP contribution in [0.1, 0.15) is 16.1 Å². The topological polar surface area (TPSA) is 82.3 Å². The van der Waals surface area contributed by atoms with E-state index in [1.807, 2.05) is 0 Å². The Bertz CT molecular complexity index is 707. The lowest BCUT2D eigenvalue weighted by molar-refractivity contribution is -0.385. The fourth-order valence-corrected chi connectivity index (χ4v) is 2.44. The zero-order valence-corrected chi connectivity index (χ0v) is 13.6. The Labute approximate surface area is 136 Å². The Hall–Kier alpha value is -1.80. The van der Waals surface area contributed by atoms with Gasteiger partial charge in [-0.25, -0.2) is 4.98 Å². The van der Waals surface area contributed by atoms with Gasteiger partial charge in [0.1, 0.15) is 22.5 Å². The van der Waals surface area contributed by atoms with Gasteiger partial charge in [0.05, 0.1) is 4.92 Å². The van der Waals surface area contributed by atoms with Crippen LogP contribution in [0.2, 0.25) is 0 Å². The first kappa shape index (κ1) is 15.6. The van der Waals surface area contributed by atoms with E-state index in [2.05, 4.69) is 36.8 Å². The van der Waals surface area contributed by atoms with Gasteiger partial charge in [-0.15, -0.1) is 0 Å². The highest BCUT2D eigenvalue weighted by atomic mass is 79.9. The number of nitrogens with zero attached hydrogens (tertiary/aromatic N) is 2. The quantitative estimate of drug-likeness (QED) is 0.420. The molecular formula is C13H8Br2N2O4. The van der Waals surface area contributed by atoms with Crippen molar-refractivity contribution in [2.24, 2.45) is 0 Å². The summed E-state index contributed by atoms with van der Waals surface area (Å²) in [6.07, 6.45) is 2.07. The number of nitro benzene ring substituents is 1. The summed E-state index contributed by atoms with van der Waals surface area (Å²) in [5, 5.41) is 10.9. The third kappa shape index (κ3) is 3.64. The minimum Gasteiger partial charge on any atom is -0.486 e. The first-order chi connectivity index (χ1) is 10.0. The lowest BCUT2D eigenvalue weighted by Crippen LogP contribution is -2.02. The Balaban J connectivity index is 2.25. The molecule has 0 aliphatic rings. The zero-order chi connectivity index (χ0) is 15.4. The third-order valence-corrected chi connectivity index (χ3v) is 3.95. The van der Waals surface area contributed by atoms with Crippen molar-refractivity contribution in [2.45, 2.75) is 6.61 Å². The Morgan fingerprint density at radius 1 is 1.38 bits per heavy atom. The summed E-state index contributed by atoms with van der Waals surface area (Å²) in [6, 6.07) is 6.28. The molecule has 0 unspecified atom stereocenters. The second-order valence-corrected chi connectivity index (χ2v) is 5.66. The highest BCUT2D eigenvalue weighted by molar-refractivity contribution is 9.10. The summed E-state index contributed by atoms with van der Waals surface area (Å²) in [4.78, 5) is 25.2. The summed E-state index contributed by atoms with van der Waals surface area (Å²) in [5.74, 6) is 0.304. The van der Waals surface area contributed by atoms with Gasteiger partial charge in [-0.05, 0) is 37.9 Å². The molecule has 21 heavy (non-hydrogen) atoms. The molecule has 0 aliphatic carbocycles. The summed E-state index contributed by atoms with van der Waals surface area (Å²) in [6.45, 7) is 0.0707. The van der Waals surface area contributed by atoms with Gasteiger partial charge in [-0.3, -0.25) is 14.9 Å². The second kappa shape index (κ2) is 6.77. The minimum atomic E-state index is -0.481. The molecule has 1 aromatic carbocycles. The van der Waals surface area contributed by atoms with Gasteiger partial charge in [0.2, 0.25) is 0 Å². The maximum absolute atomic E-state index is 10.9. The van der Waals surface area contributed by atoms with E-state index in [0.717, 1.165) is 0 Å². The number of carbonyl (C=O) groups is 1. The molecule has 0 fully saturated rings. The van der Waals surface area contributed by atoms with Crippen molar-refractivity contribution in [1.29, 1.82) is 0 Å². The smallest absolute Gasteiger partial charge is 0.283 e. The van der Waals surface area contributed by atoms with Gasteiger partial charge in [-0.2, -0.15) is 0 Å². The maximum atomic E-state index is 10.9. The van der Waals surface area contributed by atoms with Crippen LogP contribution >= 0.6 is 31.9 Å². The Morgan fingerprint density at radius 3 is 2.81 bits per heavy atom. The number of hydrogen-bond donors (Lipinski definition) is 0. The molecule has 0 saturated heterocycles. The van der Waals surface area contributed by atoms with Crippen LogP contribution in [0.25, 0.3) is 0 Å². The lowest BCUT2D eigenvalue weighted by atomic mass is 10.2. The number of benzene rings is 1. The molecule has 6 nitrogen and oxygen atoms in total. The average Bonchev–Trinajstić information content (AvgIpc) is 2.46. The minimum absolute atomic E-state index is 0.0425. The van der Waals surface area contributed by atoms with Crippen molar-refractivity contribution < 1.29 is 14.5 Å². The number of halogens is 2. The molecule has 2 aromatic rings. The molecule has 0 N–H and O–H groups in total. The largest absolute Gasteiger partial charge is 0.486 e. The number of pyridine rings is 1. The van der Waals surface area contributed by atoms with Crippen LogP contribution < -0.4 is 4.74 Å². The number of ether oxygens (including phenoxy) is 1. The van der Waals surface area contributed by atoms with E-state index >= 15 is 0 Å². The van der Waals surface area contributed by atoms with Crippen LogP contribution in [-0.2, 0) is 6.61 Å². The number of carbonyl (C=O) groups excluding carboxylic acids is 1. The summed E-state index contributed by atoms with van der Waals surface area (Å²) in [5.41, 5.74) is 0.722. The van der Waals surface area contributed by atoms with Gasteiger partial charge in [0.15, 0.2) is 6.29 Å². The lowest BCUT2D eigenvalue weighted by Gasteiger charge is -2.09. The van der Waals surface area contributed by atoms with Crippen molar-refractivity contribution in [3.05, 3.63) is 60.8 Å². The van der Waals surface area contributed by atoms with Crippen molar-refractivity contribution in [3.8, 4) is 5.75 Å². The average molecular weight is 416 g/mol. The van der Waals surface area contributed by atoms with Crippen LogP contribution in [0.15, 0.2) is 39.4 Å². The van der Waals surface area contributed by atoms with E-state index in [-0.39, 0.29) is 18.0 Å². The van der Waals surface area contributed by atoms with Gasteiger partial charge in [0, 0.05) is 22.3 Å². The van der Waals surface area contributed by atoms with E-state index in [0.29, 0.717) is 26.5 Å². The van der Waals surface area contributed by atoms with E-state index in [1.165, 1.54) is 12.3 Å². The van der Waals surface area contributed by atoms with Gasteiger partial charge in [0.25, 0.3) is 5.69 Å². The van der Waals surface area contributed by atoms with Crippen LogP contribution in [0.4, 0.5) is 5.69 Å². The van der Waals surface area contributed by atoms with Gasteiger partial charge >= 0.3 is 0 Å². The molecule has 1 aromatic heterocycles. The fraction of sp³-hybridized carbons (Fsp3) is 0.0769. The van der Waals surface area contributed by atoms with Crippen LogP contribution in [0, 0.1) is 10.1 Å². The summed E-state index contributed by atoms with van der Waals surface area (Å²) in [7, 11) is 0. The van der Waals surface area contributed by atoms with Crippen molar-refractivity contribution >= 4 is 43.8 Å². The van der Waals surface area contributed by atoms with Crippen LogP contribution in [0.3, 0.4) is 0 Å². The first-order valence-corrected chi connectivity index (χ1v) is 7.27. The molecule has 0 bridgehead atoms. The molecule has 0 spiro atoms. The van der Waals surface area contributed by atoms with E-state index < -0.39 is 4.92 Å². The molecule has 2 rings (SSSR count). The fourth-order valence-electron chi connectivity index (χ4n) is 1.61. The van der Waals surface area contributed by atoms with Crippen molar-refractivity contribution in [3.63, 3.8) is 0 Å². The normalized spacial score (nSPS) is 10.2. The number of aromatic nitrogens is 1. The second-order valence-electron chi connectivity index (χ2n) is 3.95. The third-order valence-electron chi connectivity index (χ3n) is 2.60. The molecular weight excluding hydrogens is 408 g/mol. The molecule has 108 valence electrons. The molecule has 0 aliphatic heterocycles. The first-order valence-electron chi connectivity index (χ1n) is 5.68. The number of hydrogen-bond acceptors (Lipinski definition) is 5. The van der Waals surface area contributed by atoms with Gasteiger partial charge in [-0.1, -0.05) is 12.1 Å². The molecule has 0 atom stereocenters. The monoisotopic (exact) mass is 414 g/mol. The SMILES string of the molecule is O=Cc1ncc(Br)cc1OCc1cccc([N+](=O)[O-])c1Br. The van der Waals surface area contributed by atoms with Gasteiger partial charge < -0.3 is 4.74 Å². The van der Waals surface area contributed by atoms with Crippen LogP contribution in [-0.4, -0.2) is 16.2 Å². The van der Waals surface area contributed by atoms with Crippen molar-refractivity contribution in [1.82, 2.24) is 4.98 Å². The Morgan fingerprint density at radius 2 is 2.14 bits per heavy atom. The molecule has 0 saturated carbocycles. The predicted molar refractivity (Wildman–Crippen MR) is 82.5 cm³/mol. The Kier molecular flexibility index (Phi) is 5.03. The predicted octanol–water partition coefficient (Wildman–Crippen LogP) is 3.91. The van der Waals surface area contributed by atoms with E-state index in [4.69, 9.17) is 4.74 Å². The number of rotatable bonds is 5. The zero-order valence-electron chi connectivity index (χ0n) is 10.5. The number of nitro groups is 1. The molecule has 0 amide bonds. The molecule has 8 heteroatoms. The number of aldehydes is 1. The van der Waals surface area contributed by atoms with Crippen molar-refractivity contribution in [2.75, 3.05) is 0 Å². The maximum Gasteiger partial charge on any atom is 0.283 e.